The monoisotopic (exact) mass is 373 g/mol. The highest BCUT2D eigenvalue weighted by Crippen LogP contribution is 2.28. The lowest BCUT2D eigenvalue weighted by molar-refractivity contribution is 0.0526. The summed E-state index contributed by atoms with van der Waals surface area (Å²) in [6.07, 6.45) is 3.46. The molecule has 28 heavy (non-hydrogen) atoms. The number of aromatic amines is 2. The molecule has 0 radical (unpaired) electrons. The molecule has 0 saturated carbocycles. The summed E-state index contributed by atoms with van der Waals surface area (Å²) in [6.45, 7) is 2.09. The number of fused-ring (bicyclic) bond motifs is 1. The molecule has 0 fully saturated rings. The van der Waals surface area contributed by atoms with Gasteiger partial charge in [-0.3, -0.25) is 4.79 Å². The van der Waals surface area contributed by atoms with Gasteiger partial charge in [0.2, 0.25) is 0 Å². The Labute approximate surface area is 161 Å². The molecule has 140 valence electrons. The number of rotatable bonds is 5. The molecule has 0 aliphatic heterocycles. The maximum Gasteiger partial charge on any atom is 0.338 e. The van der Waals surface area contributed by atoms with Crippen molar-refractivity contribution in [2.24, 2.45) is 0 Å². The Hall–Kier alpha value is -3.80. The summed E-state index contributed by atoms with van der Waals surface area (Å²) in [7, 11) is 0. The summed E-state index contributed by atoms with van der Waals surface area (Å²) in [5.74, 6) is -0.368. The fraction of sp³-hybridized carbons (Fsp3) is 0.0909. The topological polar surface area (TPSA) is 87.0 Å². The fourth-order valence-corrected chi connectivity index (χ4v) is 3.18. The van der Waals surface area contributed by atoms with Crippen LogP contribution in [0.4, 0.5) is 11.4 Å². The van der Waals surface area contributed by atoms with E-state index in [1.807, 2.05) is 36.5 Å². The standard InChI is InChI=1S/C22H19N3O3/c1-2-28-22(27)14-5-3-6-15(11-14)25-16-12-19(21(26)24-13-16)17-7-4-8-20-18(17)9-10-23-20/h3-13,23,25H,2H2,1H3,(H,24,26). The molecule has 0 atom stereocenters. The molecule has 0 amide bonds. The van der Waals surface area contributed by atoms with E-state index >= 15 is 0 Å². The van der Waals surface area contributed by atoms with Crippen molar-refractivity contribution >= 4 is 28.2 Å². The van der Waals surface area contributed by atoms with Crippen molar-refractivity contribution in [3.05, 3.63) is 82.9 Å². The van der Waals surface area contributed by atoms with E-state index in [9.17, 15) is 9.59 Å². The van der Waals surface area contributed by atoms with Crippen molar-refractivity contribution in [1.82, 2.24) is 9.97 Å². The molecule has 3 N–H and O–H groups in total. The first kappa shape index (κ1) is 17.6. The van der Waals surface area contributed by atoms with Crippen LogP contribution >= 0.6 is 0 Å². The van der Waals surface area contributed by atoms with Crippen LogP contribution < -0.4 is 10.9 Å². The number of anilines is 2. The lowest BCUT2D eigenvalue weighted by atomic mass is 10.0. The zero-order valence-electron chi connectivity index (χ0n) is 15.3. The third-order valence-electron chi connectivity index (χ3n) is 4.45. The molecular weight excluding hydrogens is 354 g/mol. The highest BCUT2D eigenvalue weighted by molar-refractivity contribution is 5.95. The third-order valence-corrected chi connectivity index (χ3v) is 4.45. The van der Waals surface area contributed by atoms with Gasteiger partial charge in [0.25, 0.3) is 5.56 Å². The number of ether oxygens (including phenoxy) is 1. The zero-order chi connectivity index (χ0) is 19.5. The molecule has 0 unspecified atom stereocenters. The SMILES string of the molecule is CCOC(=O)c1cccc(Nc2c[nH]c(=O)c(-c3cccc4[nH]ccc34)c2)c1. The molecule has 2 aromatic carbocycles. The summed E-state index contributed by atoms with van der Waals surface area (Å²) in [6, 6.07) is 16.6. The second-order valence-corrected chi connectivity index (χ2v) is 6.30. The van der Waals surface area contributed by atoms with Gasteiger partial charge < -0.3 is 20.0 Å². The second kappa shape index (κ2) is 7.44. The maximum atomic E-state index is 12.5. The average Bonchev–Trinajstić information content (AvgIpc) is 3.19. The van der Waals surface area contributed by atoms with E-state index in [1.54, 1.807) is 37.4 Å². The van der Waals surface area contributed by atoms with Gasteiger partial charge in [-0.1, -0.05) is 18.2 Å². The van der Waals surface area contributed by atoms with Crippen molar-refractivity contribution in [2.45, 2.75) is 6.92 Å². The molecule has 6 heteroatoms. The molecule has 0 bridgehead atoms. The summed E-state index contributed by atoms with van der Waals surface area (Å²) in [5.41, 5.74) is 4.12. The highest BCUT2D eigenvalue weighted by atomic mass is 16.5. The van der Waals surface area contributed by atoms with Gasteiger partial charge in [-0.05, 0) is 48.9 Å². The number of H-pyrrole nitrogens is 2. The molecule has 2 heterocycles. The third kappa shape index (κ3) is 3.40. The van der Waals surface area contributed by atoms with Gasteiger partial charge in [0.05, 0.1) is 17.9 Å². The summed E-state index contributed by atoms with van der Waals surface area (Å²) in [5, 5.41) is 4.22. The molecule has 6 nitrogen and oxygen atoms in total. The number of carbonyl (C=O) groups is 1. The van der Waals surface area contributed by atoms with E-state index in [2.05, 4.69) is 15.3 Å². The molecule has 0 aliphatic rings. The van der Waals surface area contributed by atoms with E-state index in [4.69, 9.17) is 4.74 Å². The second-order valence-electron chi connectivity index (χ2n) is 6.30. The molecule has 2 aromatic heterocycles. The first-order valence-corrected chi connectivity index (χ1v) is 8.99. The van der Waals surface area contributed by atoms with Gasteiger partial charge in [-0.2, -0.15) is 0 Å². The van der Waals surface area contributed by atoms with Gasteiger partial charge in [-0.15, -0.1) is 0 Å². The van der Waals surface area contributed by atoms with Crippen molar-refractivity contribution in [3.8, 4) is 11.1 Å². The molecule has 0 aliphatic carbocycles. The van der Waals surface area contributed by atoms with Crippen molar-refractivity contribution in [2.75, 3.05) is 11.9 Å². The van der Waals surface area contributed by atoms with Gasteiger partial charge in [0.1, 0.15) is 0 Å². The predicted octanol–water partition coefficient (Wildman–Crippen LogP) is 4.44. The highest BCUT2D eigenvalue weighted by Gasteiger charge is 2.11. The number of benzene rings is 2. The van der Waals surface area contributed by atoms with E-state index in [0.29, 0.717) is 23.4 Å². The van der Waals surface area contributed by atoms with E-state index < -0.39 is 0 Å². The van der Waals surface area contributed by atoms with Gasteiger partial charge in [-0.25, -0.2) is 4.79 Å². The van der Waals surface area contributed by atoms with Crippen molar-refractivity contribution in [1.29, 1.82) is 0 Å². The molecule has 4 rings (SSSR count). The number of pyridine rings is 1. The van der Waals surface area contributed by atoms with Crippen LogP contribution in [0.15, 0.2) is 71.8 Å². The van der Waals surface area contributed by atoms with Gasteiger partial charge >= 0.3 is 5.97 Å². The number of esters is 1. The van der Waals surface area contributed by atoms with Crippen LogP contribution in [0.25, 0.3) is 22.0 Å². The predicted molar refractivity (Wildman–Crippen MR) is 110 cm³/mol. The first-order chi connectivity index (χ1) is 13.7. The molecule has 0 spiro atoms. The van der Waals surface area contributed by atoms with E-state index in [1.165, 1.54) is 0 Å². The lowest BCUT2D eigenvalue weighted by Crippen LogP contribution is -2.09. The van der Waals surface area contributed by atoms with Crippen LogP contribution in [-0.2, 0) is 4.74 Å². The molecule has 0 saturated heterocycles. The lowest BCUT2D eigenvalue weighted by Gasteiger charge is -2.10. The summed E-state index contributed by atoms with van der Waals surface area (Å²) in [4.78, 5) is 30.3. The van der Waals surface area contributed by atoms with Crippen LogP contribution in [0.1, 0.15) is 17.3 Å². The quantitative estimate of drug-likeness (QED) is 0.451. The summed E-state index contributed by atoms with van der Waals surface area (Å²) >= 11 is 0. The van der Waals surface area contributed by atoms with Crippen molar-refractivity contribution < 1.29 is 9.53 Å². The Morgan fingerprint density at radius 2 is 1.86 bits per heavy atom. The first-order valence-electron chi connectivity index (χ1n) is 8.99. The van der Waals surface area contributed by atoms with Gasteiger partial charge in [0, 0.05) is 34.5 Å². The van der Waals surface area contributed by atoms with Gasteiger partial charge in [0.15, 0.2) is 0 Å². The van der Waals surface area contributed by atoms with Crippen LogP contribution in [0.5, 0.6) is 0 Å². The number of aromatic nitrogens is 2. The Morgan fingerprint density at radius 3 is 2.71 bits per heavy atom. The number of nitrogens with one attached hydrogen (secondary N) is 3. The summed E-state index contributed by atoms with van der Waals surface area (Å²) < 4.78 is 5.04. The minimum atomic E-state index is -0.368. The normalized spacial score (nSPS) is 10.8. The van der Waals surface area contributed by atoms with E-state index in [-0.39, 0.29) is 11.5 Å². The Morgan fingerprint density at radius 1 is 1.00 bits per heavy atom. The fourth-order valence-electron chi connectivity index (χ4n) is 3.18. The molecule has 4 aromatic rings. The Bertz CT molecular complexity index is 1210. The Kier molecular flexibility index (Phi) is 4.68. The van der Waals surface area contributed by atoms with Crippen molar-refractivity contribution in [3.63, 3.8) is 0 Å². The molecular formula is C22H19N3O3. The maximum absolute atomic E-state index is 12.5. The smallest absolute Gasteiger partial charge is 0.338 e. The largest absolute Gasteiger partial charge is 0.462 e. The van der Waals surface area contributed by atoms with E-state index in [0.717, 1.165) is 22.2 Å². The van der Waals surface area contributed by atoms with Crippen LogP contribution in [0, 0.1) is 0 Å². The van der Waals surface area contributed by atoms with Crippen LogP contribution in [-0.4, -0.2) is 22.5 Å². The average molecular weight is 373 g/mol. The number of hydrogen-bond acceptors (Lipinski definition) is 4. The minimum Gasteiger partial charge on any atom is -0.462 e. The van der Waals surface area contributed by atoms with Crippen LogP contribution in [0.3, 0.4) is 0 Å². The zero-order valence-corrected chi connectivity index (χ0v) is 15.3. The number of hydrogen-bond donors (Lipinski definition) is 3. The number of carbonyl (C=O) groups excluding carboxylic acids is 1. The minimum absolute atomic E-state index is 0.167. The Balaban J connectivity index is 1.69. The van der Waals surface area contributed by atoms with Crippen LogP contribution in [0.2, 0.25) is 0 Å².